The highest BCUT2D eigenvalue weighted by molar-refractivity contribution is 5.99. The summed E-state index contributed by atoms with van der Waals surface area (Å²) in [6.07, 6.45) is 47.2. The van der Waals surface area contributed by atoms with Gasteiger partial charge in [0.1, 0.15) is 17.2 Å². The van der Waals surface area contributed by atoms with Crippen LogP contribution >= 0.6 is 0 Å². The smallest absolute Gasteiger partial charge is 0.127 e. The number of ether oxygens (including phenoxy) is 3. The average molecular weight is 1090 g/mol. The molecule has 2 aliphatic heterocycles. The lowest BCUT2D eigenvalue weighted by molar-refractivity contribution is 0.305. The quantitative estimate of drug-likeness (QED) is 0.0375. The molecular weight excluding hydrogens is 993 g/mol. The average Bonchev–Trinajstić information content (AvgIpc) is 4.49. The van der Waals surface area contributed by atoms with Crippen molar-refractivity contribution in [2.75, 3.05) is 19.8 Å². The van der Waals surface area contributed by atoms with Gasteiger partial charge in [0.15, 0.2) is 0 Å². The molecule has 6 aromatic rings. The molecular formula is C74H98N4O3. The second kappa shape index (κ2) is 34.8. The topological polar surface area (TPSA) is 85.1 Å². The summed E-state index contributed by atoms with van der Waals surface area (Å²) in [5.41, 5.74) is 13.3. The van der Waals surface area contributed by atoms with Crippen LogP contribution in [0.4, 0.5) is 0 Å². The molecule has 0 unspecified atom stereocenters. The third-order valence-electron chi connectivity index (χ3n) is 16.3. The minimum atomic E-state index is 0.662. The zero-order chi connectivity index (χ0) is 55.9. The number of fused-ring (bicyclic) bond motifs is 8. The van der Waals surface area contributed by atoms with Crippen molar-refractivity contribution in [2.24, 2.45) is 0 Å². The van der Waals surface area contributed by atoms with Crippen LogP contribution in [0.25, 0.3) is 79.8 Å². The minimum absolute atomic E-state index is 0.662. The molecule has 2 N–H and O–H groups in total. The third-order valence-corrected chi connectivity index (χ3v) is 16.3. The Balaban J connectivity index is 1.14. The predicted octanol–water partition coefficient (Wildman–Crippen LogP) is 22.6. The molecule has 3 aromatic carbocycles. The molecule has 0 saturated heterocycles. The molecule has 0 radical (unpaired) electrons. The van der Waals surface area contributed by atoms with Crippen LogP contribution in [0.5, 0.6) is 17.2 Å². The lowest BCUT2D eigenvalue weighted by Crippen LogP contribution is -2.00. The first-order valence-corrected chi connectivity index (χ1v) is 32.4. The van der Waals surface area contributed by atoms with E-state index >= 15 is 0 Å². The van der Waals surface area contributed by atoms with E-state index in [2.05, 4.69) is 158 Å². The number of aromatic amines is 2. The van der Waals surface area contributed by atoms with Gasteiger partial charge in [0.05, 0.1) is 42.6 Å². The Labute approximate surface area is 487 Å². The van der Waals surface area contributed by atoms with Crippen molar-refractivity contribution in [3.63, 3.8) is 0 Å². The zero-order valence-corrected chi connectivity index (χ0v) is 50.1. The molecule has 0 fully saturated rings. The van der Waals surface area contributed by atoms with Gasteiger partial charge in [-0.25, -0.2) is 9.97 Å². The summed E-state index contributed by atoms with van der Waals surface area (Å²) in [4.78, 5) is 18.8. The first-order chi connectivity index (χ1) is 40.1. The fraction of sp³-hybridized carbons (Fsp3) is 0.486. The normalized spacial score (nSPS) is 11.9. The van der Waals surface area contributed by atoms with Gasteiger partial charge in [-0.1, -0.05) is 249 Å². The van der Waals surface area contributed by atoms with Gasteiger partial charge in [-0.15, -0.1) is 0 Å². The molecule has 8 bridgehead atoms. The number of nitrogens with zero attached hydrogens (tertiary/aromatic N) is 2. The SMILES string of the molecule is CCCCCCCCCCCCOc1ccccc1-c1c2nc(c(-c3ccccc3OCCCCCCCCCCCC)c3ccc([nH]3)c(-c3ccccc3OCCCCCCCCCCCC)c3nc(cc4ccc1[nH]4)C=C3)C=C2. The van der Waals surface area contributed by atoms with Crippen LogP contribution in [0.15, 0.2) is 103 Å². The molecule has 0 amide bonds. The number of hydrogen-bond donors (Lipinski definition) is 2. The van der Waals surface area contributed by atoms with Crippen LogP contribution in [0, 0.1) is 0 Å². The Hall–Kier alpha value is -6.34. The molecule has 0 spiro atoms. The first-order valence-electron chi connectivity index (χ1n) is 32.4. The number of H-pyrrole nitrogens is 2. The summed E-state index contributed by atoms with van der Waals surface area (Å²) in [5, 5.41) is 0. The monoisotopic (exact) mass is 1090 g/mol. The largest absolute Gasteiger partial charge is 0.493 e. The van der Waals surface area contributed by atoms with E-state index in [4.69, 9.17) is 24.2 Å². The second-order valence-corrected chi connectivity index (χ2v) is 22.9. The maximum atomic E-state index is 6.81. The highest BCUT2D eigenvalue weighted by Gasteiger charge is 2.21. The maximum absolute atomic E-state index is 6.81. The number of nitrogens with one attached hydrogen (secondary N) is 2. The van der Waals surface area contributed by atoms with Gasteiger partial charge in [-0.3, -0.25) is 0 Å². The molecule has 0 atom stereocenters. The molecule has 5 heterocycles. The number of rotatable bonds is 39. The van der Waals surface area contributed by atoms with Gasteiger partial charge >= 0.3 is 0 Å². The van der Waals surface area contributed by atoms with Crippen molar-refractivity contribution >= 4 is 46.4 Å². The first kappa shape index (κ1) is 60.7. The van der Waals surface area contributed by atoms with Gasteiger partial charge in [-0.05, 0) is 92.1 Å². The van der Waals surface area contributed by atoms with E-state index < -0.39 is 0 Å². The molecule has 7 heteroatoms. The molecule has 8 rings (SSSR count). The standard InChI is InChI=1S/C74H98N4O3/c1-4-7-10-13-16-19-22-25-28-37-54-79-69-43-34-31-40-60(69)72-63-48-46-58(75-63)57-59-47-49-64(76-59)73(61-41-32-35-44-70(61)80-55-38-29-26-23-20-17-14-11-8-5-2)66-51-53-68(78-66)74(67-52-50-65(72)77-67)62-42-33-36-45-71(62)81-56-39-30-27-24-21-18-15-12-9-6-3/h31-36,40-53,57,75,78H,4-30,37-39,54-56H2,1-3H3. The highest BCUT2D eigenvalue weighted by atomic mass is 16.5. The third kappa shape index (κ3) is 18.8. The Bertz CT molecular complexity index is 2960. The maximum Gasteiger partial charge on any atom is 0.127 e. The molecule has 7 nitrogen and oxygen atoms in total. The van der Waals surface area contributed by atoms with E-state index in [1.54, 1.807) is 0 Å². The van der Waals surface area contributed by atoms with Gasteiger partial charge in [0.2, 0.25) is 0 Å². The van der Waals surface area contributed by atoms with Crippen molar-refractivity contribution in [3.05, 3.63) is 126 Å². The van der Waals surface area contributed by atoms with Crippen LogP contribution < -0.4 is 14.2 Å². The van der Waals surface area contributed by atoms with Crippen LogP contribution in [-0.2, 0) is 0 Å². The van der Waals surface area contributed by atoms with E-state index in [1.165, 1.54) is 173 Å². The molecule has 81 heavy (non-hydrogen) atoms. The van der Waals surface area contributed by atoms with Crippen LogP contribution in [0.3, 0.4) is 0 Å². The van der Waals surface area contributed by atoms with Crippen molar-refractivity contribution < 1.29 is 14.2 Å². The zero-order valence-electron chi connectivity index (χ0n) is 50.1. The summed E-state index contributed by atoms with van der Waals surface area (Å²) in [7, 11) is 0. The van der Waals surface area contributed by atoms with Crippen LogP contribution in [0.2, 0.25) is 0 Å². The Morgan fingerprint density at radius 1 is 0.309 bits per heavy atom. The molecule has 2 aliphatic rings. The molecule has 0 saturated carbocycles. The fourth-order valence-electron chi connectivity index (χ4n) is 11.7. The van der Waals surface area contributed by atoms with E-state index in [-0.39, 0.29) is 0 Å². The van der Waals surface area contributed by atoms with Gasteiger partial charge in [0, 0.05) is 55.4 Å². The van der Waals surface area contributed by atoms with Crippen LogP contribution in [-0.4, -0.2) is 39.8 Å². The highest BCUT2D eigenvalue weighted by Crippen LogP contribution is 2.42. The number of para-hydroxylation sites is 3. The van der Waals surface area contributed by atoms with E-state index in [1.807, 2.05) is 0 Å². The summed E-state index contributed by atoms with van der Waals surface area (Å²) in [6, 6.07) is 36.4. The lowest BCUT2D eigenvalue weighted by atomic mass is 10.0. The Kier molecular flexibility index (Phi) is 26.1. The summed E-state index contributed by atoms with van der Waals surface area (Å²) in [6.45, 7) is 8.88. The van der Waals surface area contributed by atoms with E-state index in [0.29, 0.717) is 19.8 Å². The van der Waals surface area contributed by atoms with Crippen molar-refractivity contribution in [1.82, 2.24) is 19.9 Å². The minimum Gasteiger partial charge on any atom is -0.493 e. The van der Waals surface area contributed by atoms with Crippen molar-refractivity contribution in [2.45, 2.75) is 213 Å². The summed E-state index contributed by atoms with van der Waals surface area (Å²) in [5.74, 6) is 2.59. The number of unbranched alkanes of at least 4 members (excludes halogenated alkanes) is 27. The number of aromatic nitrogens is 4. The van der Waals surface area contributed by atoms with Crippen LogP contribution in [0.1, 0.15) is 236 Å². The number of hydrogen-bond acceptors (Lipinski definition) is 5. The molecule has 0 aliphatic carbocycles. The molecule has 3 aromatic heterocycles. The second-order valence-electron chi connectivity index (χ2n) is 22.9. The van der Waals surface area contributed by atoms with Crippen molar-refractivity contribution in [1.29, 1.82) is 0 Å². The lowest BCUT2D eigenvalue weighted by Gasteiger charge is -2.14. The Morgan fingerprint density at radius 3 is 1.00 bits per heavy atom. The van der Waals surface area contributed by atoms with Crippen molar-refractivity contribution in [3.8, 4) is 50.6 Å². The predicted molar refractivity (Wildman–Crippen MR) is 347 cm³/mol. The van der Waals surface area contributed by atoms with E-state index in [0.717, 1.165) is 115 Å². The number of benzene rings is 3. The Morgan fingerprint density at radius 2 is 0.617 bits per heavy atom. The van der Waals surface area contributed by atoms with Gasteiger partial charge in [-0.2, -0.15) is 0 Å². The fourth-order valence-corrected chi connectivity index (χ4v) is 11.7. The van der Waals surface area contributed by atoms with Gasteiger partial charge in [0.25, 0.3) is 0 Å². The summed E-state index contributed by atoms with van der Waals surface area (Å²) >= 11 is 0. The molecule has 432 valence electrons. The summed E-state index contributed by atoms with van der Waals surface area (Å²) < 4.78 is 20.3. The van der Waals surface area contributed by atoms with Gasteiger partial charge < -0.3 is 24.2 Å². The van der Waals surface area contributed by atoms with E-state index in [9.17, 15) is 0 Å².